The summed E-state index contributed by atoms with van der Waals surface area (Å²) in [6.45, 7) is 1.58. The Morgan fingerprint density at radius 1 is 1.47 bits per heavy atom. The van der Waals surface area contributed by atoms with Crippen LogP contribution in [0.5, 0.6) is 0 Å². The van der Waals surface area contributed by atoms with Crippen LogP contribution in [0.15, 0.2) is 24.3 Å². The molecule has 0 atom stereocenters. The molecule has 1 fully saturated rings. The zero-order chi connectivity index (χ0) is 13.9. The number of aliphatic hydroxyl groups is 1. The summed E-state index contributed by atoms with van der Waals surface area (Å²) < 4.78 is 4.72. The van der Waals surface area contributed by atoms with Gasteiger partial charge in [-0.1, -0.05) is 6.07 Å². The van der Waals surface area contributed by atoms with E-state index in [1.165, 1.54) is 7.11 Å². The Hall–Kier alpha value is -1.59. The average Bonchev–Trinajstić information content (AvgIpc) is 2.47. The molecule has 1 saturated heterocycles. The maximum absolute atomic E-state index is 11.5. The van der Waals surface area contributed by atoms with Gasteiger partial charge in [-0.25, -0.2) is 4.79 Å². The van der Waals surface area contributed by atoms with Crippen LogP contribution in [0.25, 0.3) is 0 Å². The molecule has 3 N–H and O–H groups in total. The first-order valence-corrected chi connectivity index (χ1v) is 6.41. The molecule has 0 aliphatic carbocycles. The molecular weight excluding hydrogens is 244 g/mol. The van der Waals surface area contributed by atoms with Crippen LogP contribution in [-0.4, -0.2) is 43.4 Å². The van der Waals surface area contributed by atoms with Gasteiger partial charge in [0, 0.05) is 24.3 Å². The molecule has 19 heavy (non-hydrogen) atoms. The van der Waals surface area contributed by atoms with Crippen LogP contribution in [0, 0.1) is 0 Å². The Bertz CT molecular complexity index is 454. The molecule has 5 heteroatoms. The largest absolute Gasteiger partial charge is 0.465 e. The van der Waals surface area contributed by atoms with E-state index in [1.54, 1.807) is 6.07 Å². The summed E-state index contributed by atoms with van der Waals surface area (Å²) in [5.74, 6) is -0.331. The number of esters is 1. The van der Waals surface area contributed by atoms with Crippen LogP contribution >= 0.6 is 0 Å². The Morgan fingerprint density at radius 3 is 2.74 bits per heavy atom. The SMILES string of the molecule is COC(=O)c1cccc(N2CCC(N)(CO)CC2)c1. The number of nitrogens with two attached hydrogens (primary N) is 1. The van der Waals surface area contributed by atoms with E-state index < -0.39 is 5.54 Å². The lowest BCUT2D eigenvalue weighted by atomic mass is 9.89. The predicted molar refractivity (Wildman–Crippen MR) is 73.2 cm³/mol. The number of nitrogens with zero attached hydrogens (tertiary/aromatic N) is 1. The smallest absolute Gasteiger partial charge is 0.337 e. The molecule has 0 saturated carbocycles. The van der Waals surface area contributed by atoms with Gasteiger partial charge in [0.2, 0.25) is 0 Å². The monoisotopic (exact) mass is 264 g/mol. The van der Waals surface area contributed by atoms with Crippen molar-refractivity contribution >= 4 is 11.7 Å². The number of carbonyl (C=O) groups is 1. The molecular formula is C14H20N2O3. The maximum Gasteiger partial charge on any atom is 0.337 e. The molecule has 104 valence electrons. The minimum atomic E-state index is -0.462. The molecule has 0 radical (unpaired) electrons. The van der Waals surface area contributed by atoms with Gasteiger partial charge in [-0.2, -0.15) is 0 Å². The van der Waals surface area contributed by atoms with Crippen molar-refractivity contribution in [3.8, 4) is 0 Å². The zero-order valence-corrected chi connectivity index (χ0v) is 11.1. The molecule has 0 aromatic heterocycles. The summed E-state index contributed by atoms with van der Waals surface area (Å²) in [6.07, 6.45) is 1.48. The lowest BCUT2D eigenvalue weighted by molar-refractivity contribution is 0.0600. The van der Waals surface area contributed by atoms with Crippen LogP contribution in [0.3, 0.4) is 0 Å². The number of anilines is 1. The maximum atomic E-state index is 11.5. The summed E-state index contributed by atoms with van der Waals surface area (Å²) in [7, 11) is 1.37. The van der Waals surface area contributed by atoms with Crippen molar-refractivity contribution in [1.82, 2.24) is 0 Å². The van der Waals surface area contributed by atoms with Crippen molar-refractivity contribution in [2.45, 2.75) is 18.4 Å². The van der Waals surface area contributed by atoms with Crippen LogP contribution in [-0.2, 0) is 4.74 Å². The molecule has 1 heterocycles. The van der Waals surface area contributed by atoms with E-state index in [1.807, 2.05) is 18.2 Å². The van der Waals surface area contributed by atoms with Crippen molar-refractivity contribution in [1.29, 1.82) is 0 Å². The second kappa shape index (κ2) is 5.59. The van der Waals surface area contributed by atoms with E-state index in [0.29, 0.717) is 5.56 Å². The van der Waals surface area contributed by atoms with Crippen molar-refractivity contribution in [2.75, 3.05) is 31.7 Å². The Labute approximate surface area is 113 Å². The number of rotatable bonds is 3. The fourth-order valence-electron chi connectivity index (χ4n) is 2.32. The first-order chi connectivity index (χ1) is 9.08. The highest BCUT2D eigenvalue weighted by molar-refractivity contribution is 5.90. The number of hydrogen-bond acceptors (Lipinski definition) is 5. The normalized spacial score (nSPS) is 18.2. The fraction of sp³-hybridized carbons (Fsp3) is 0.500. The summed E-state index contributed by atoms with van der Waals surface area (Å²) in [5, 5.41) is 9.25. The van der Waals surface area contributed by atoms with Crippen LogP contribution in [0.4, 0.5) is 5.69 Å². The fourth-order valence-corrected chi connectivity index (χ4v) is 2.32. The predicted octanol–water partition coefficient (Wildman–Crippen LogP) is 0.763. The quantitative estimate of drug-likeness (QED) is 0.788. The molecule has 1 aromatic rings. The molecule has 1 aromatic carbocycles. The number of ether oxygens (including phenoxy) is 1. The first kappa shape index (κ1) is 13.8. The Balaban J connectivity index is 2.09. The molecule has 0 amide bonds. The van der Waals surface area contributed by atoms with Gasteiger partial charge < -0.3 is 20.5 Å². The van der Waals surface area contributed by atoms with E-state index >= 15 is 0 Å². The molecule has 1 aliphatic rings. The van der Waals surface area contributed by atoms with Crippen molar-refractivity contribution in [2.24, 2.45) is 5.73 Å². The highest BCUT2D eigenvalue weighted by Gasteiger charge is 2.30. The van der Waals surface area contributed by atoms with Gasteiger partial charge in [0.05, 0.1) is 19.3 Å². The third kappa shape index (κ3) is 3.05. The number of methoxy groups -OCH3 is 1. The van der Waals surface area contributed by atoms with Gasteiger partial charge in [0.15, 0.2) is 0 Å². The molecule has 1 aliphatic heterocycles. The van der Waals surface area contributed by atoms with Crippen LogP contribution in [0.1, 0.15) is 23.2 Å². The number of aliphatic hydroxyl groups excluding tert-OH is 1. The number of benzene rings is 1. The van der Waals surface area contributed by atoms with E-state index in [4.69, 9.17) is 10.5 Å². The number of hydrogen-bond donors (Lipinski definition) is 2. The number of carbonyl (C=O) groups excluding carboxylic acids is 1. The van der Waals surface area contributed by atoms with Crippen molar-refractivity contribution < 1.29 is 14.6 Å². The van der Waals surface area contributed by atoms with E-state index in [0.717, 1.165) is 31.6 Å². The Kier molecular flexibility index (Phi) is 4.07. The third-order valence-electron chi connectivity index (χ3n) is 3.71. The molecule has 0 unspecified atom stereocenters. The first-order valence-electron chi connectivity index (χ1n) is 6.41. The topological polar surface area (TPSA) is 75.8 Å². The third-order valence-corrected chi connectivity index (χ3v) is 3.71. The van der Waals surface area contributed by atoms with Crippen LogP contribution in [0.2, 0.25) is 0 Å². The van der Waals surface area contributed by atoms with Crippen molar-refractivity contribution in [3.63, 3.8) is 0 Å². The lowest BCUT2D eigenvalue weighted by Crippen LogP contribution is -2.52. The van der Waals surface area contributed by atoms with Gasteiger partial charge in [0.25, 0.3) is 0 Å². The summed E-state index contributed by atoms with van der Waals surface area (Å²) in [4.78, 5) is 13.7. The Morgan fingerprint density at radius 2 is 2.16 bits per heavy atom. The molecule has 2 rings (SSSR count). The zero-order valence-electron chi connectivity index (χ0n) is 11.1. The van der Waals surface area contributed by atoms with Gasteiger partial charge in [-0.3, -0.25) is 0 Å². The average molecular weight is 264 g/mol. The molecule has 0 spiro atoms. The molecule has 0 bridgehead atoms. The standard InChI is InChI=1S/C14H20N2O3/c1-19-13(18)11-3-2-4-12(9-11)16-7-5-14(15,10-17)6-8-16/h2-4,9,17H,5-8,10,15H2,1H3. The van der Waals surface area contributed by atoms with E-state index in [-0.39, 0.29) is 12.6 Å². The minimum Gasteiger partial charge on any atom is -0.465 e. The van der Waals surface area contributed by atoms with Gasteiger partial charge in [0.1, 0.15) is 0 Å². The second-order valence-corrected chi connectivity index (χ2v) is 5.05. The minimum absolute atomic E-state index is 0.0169. The highest BCUT2D eigenvalue weighted by Crippen LogP contribution is 2.25. The van der Waals surface area contributed by atoms with Crippen LogP contribution < -0.4 is 10.6 Å². The van der Waals surface area contributed by atoms with Crippen molar-refractivity contribution in [3.05, 3.63) is 29.8 Å². The number of piperidine rings is 1. The van der Waals surface area contributed by atoms with Gasteiger partial charge in [-0.15, -0.1) is 0 Å². The van der Waals surface area contributed by atoms with E-state index in [2.05, 4.69) is 4.90 Å². The van der Waals surface area contributed by atoms with Gasteiger partial charge in [-0.05, 0) is 31.0 Å². The summed E-state index contributed by atoms with van der Waals surface area (Å²) >= 11 is 0. The lowest BCUT2D eigenvalue weighted by Gasteiger charge is -2.39. The second-order valence-electron chi connectivity index (χ2n) is 5.05. The van der Waals surface area contributed by atoms with E-state index in [9.17, 15) is 9.90 Å². The highest BCUT2D eigenvalue weighted by atomic mass is 16.5. The summed E-state index contributed by atoms with van der Waals surface area (Å²) in [5.41, 5.74) is 7.12. The van der Waals surface area contributed by atoms with Gasteiger partial charge >= 0.3 is 5.97 Å². The summed E-state index contributed by atoms with van der Waals surface area (Å²) in [6, 6.07) is 7.38. The molecule has 5 nitrogen and oxygen atoms in total.